The first-order valence-corrected chi connectivity index (χ1v) is 7.12. The maximum Gasteiger partial charge on any atom is 0.224 e. The summed E-state index contributed by atoms with van der Waals surface area (Å²) in [6.45, 7) is 0.840. The van der Waals surface area contributed by atoms with Gasteiger partial charge in [-0.3, -0.25) is 4.79 Å². The van der Waals surface area contributed by atoms with E-state index in [1.54, 1.807) is 36.5 Å². The van der Waals surface area contributed by atoms with Crippen LogP contribution in [-0.2, 0) is 11.3 Å². The molecule has 0 bridgehead atoms. The highest BCUT2D eigenvalue weighted by atomic mass is 35.5. The number of nitrogens with zero attached hydrogens (tertiary/aromatic N) is 1. The minimum absolute atomic E-state index is 0. The van der Waals surface area contributed by atoms with Gasteiger partial charge in [0.05, 0.1) is 11.9 Å². The van der Waals surface area contributed by atoms with E-state index >= 15 is 0 Å². The summed E-state index contributed by atoms with van der Waals surface area (Å²) in [5.41, 5.74) is 6.55. The van der Waals surface area contributed by atoms with E-state index < -0.39 is 0 Å². The highest BCUT2D eigenvalue weighted by molar-refractivity contribution is 5.90. The molecule has 24 heavy (non-hydrogen) atoms. The maximum atomic E-state index is 13.5. The molecule has 0 atom stereocenters. The van der Waals surface area contributed by atoms with Gasteiger partial charge in [-0.25, -0.2) is 9.37 Å². The molecule has 1 amide bonds. The smallest absolute Gasteiger partial charge is 0.224 e. The molecule has 0 aliphatic carbocycles. The van der Waals surface area contributed by atoms with Gasteiger partial charge in [0.15, 0.2) is 0 Å². The summed E-state index contributed by atoms with van der Waals surface area (Å²) in [6.07, 6.45) is 2.61. The van der Waals surface area contributed by atoms with Crippen LogP contribution in [0.15, 0.2) is 42.6 Å². The zero-order chi connectivity index (χ0) is 15.8. The quantitative estimate of drug-likeness (QED) is 0.693. The van der Waals surface area contributed by atoms with E-state index in [1.807, 2.05) is 0 Å². The van der Waals surface area contributed by atoms with Gasteiger partial charge in [-0.2, -0.15) is 0 Å². The van der Waals surface area contributed by atoms with Crippen LogP contribution >= 0.6 is 24.8 Å². The molecule has 132 valence electrons. The lowest BCUT2D eigenvalue weighted by Gasteiger charge is -2.08. The molecule has 0 unspecified atom stereocenters. The summed E-state index contributed by atoms with van der Waals surface area (Å²) in [6, 6.07) is 10.1. The molecule has 1 heterocycles. The molecule has 5 nitrogen and oxygen atoms in total. The van der Waals surface area contributed by atoms with Gasteiger partial charge >= 0.3 is 0 Å². The third-order valence-corrected chi connectivity index (χ3v) is 3.07. The van der Waals surface area contributed by atoms with Crippen LogP contribution in [0.25, 0.3) is 0 Å². The van der Waals surface area contributed by atoms with Crippen molar-refractivity contribution >= 4 is 42.2 Å². The van der Waals surface area contributed by atoms with Crippen molar-refractivity contribution in [1.29, 1.82) is 0 Å². The molecular formula is C16H21Cl2FN4O. The normalized spacial score (nSPS) is 9.42. The summed E-state index contributed by atoms with van der Waals surface area (Å²) in [5.74, 6) is 0.279. The van der Waals surface area contributed by atoms with E-state index in [-0.39, 0.29) is 36.5 Å². The zero-order valence-corrected chi connectivity index (χ0v) is 14.6. The van der Waals surface area contributed by atoms with E-state index in [1.165, 1.54) is 6.07 Å². The summed E-state index contributed by atoms with van der Waals surface area (Å²) in [7, 11) is 0. The number of anilines is 2. The van der Waals surface area contributed by atoms with E-state index in [4.69, 9.17) is 5.73 Å². The average Bonchev–Trinajstić information content (AvgIpc) is 2.53. The summed E-state index contributed by atoms with van der Waals surface area (Å²) in [4.78, 5) is 15.7. The summed E-state index contributed by atoms with van der Waals surface area (Å²) in [5, 5.41) is 5.78. The van der Waals surface area contributed by atoms with Crippen molar-refractivity contribution < 1.29 is 9.18 Å². The summed E-state index contributed by atoms with van der Waals surface area (Å²) < 4.78 is 13.5. The Morgan fingerprint density at radius 3 is 2.54 bits per heavy atom. The molecule has 0 radical (unpaired) electrons. The lowest BCUT2D eigenvalue weighted by atomic mass is 10.2. The number of hydrogen-bond acceptors (Lipinski definition) is 4. The molecule has 0 aliphatic heterocycles. The largest absolute Gasteiger partial charge is 0.366 e. The van der Waals surface area contributed by atoms with Gasteiger partial charge in [-0.05, 0) is 31.2 Å². The van der Waals surface area contributed by atoms with E-state index in [0.717, 1.165) is 0 Å². The second-order valence-electron chi connectivity index (χ2n) is 4.82. The highest BCUT2D eigenvalue weighted by Gasteiger charge is 2.03. The number of rotatable bonds is 7. The lowest BCUT2D eigenvalue weighted by molar-refractivity contribution is -0.116. The van der Waals surface area contributed by atoms with Crippen molar-refractivity contribution in [1.82, 2.24) is 4.98 Å². The van der Waals surface area contributed by atoms with Gasteiger partial charge in [-0.1, -0.05) is 18.2 Å². The Bertz CT molecular complexity index is 626. The molecule has 0 aliphatic rings. The van der Waals surface area contributed by atoms with E-state index in [9.17, 15) is 9.18 Å². The Hall–Kier alpha value is -1.89. The minimum Gasteiger partial charge on any atom is -0.366 e. The van der Waals surface area contributed by atoms with Crippen molar-refractivity contribution in [3.8, 4) is 0 Å². The first kappa shape index (κ1) is 22.1. The van der Waals surface area contributed by atoms with E-state index in [0.29, 0.717) is 43.0 Å². The van der Waals surface area contributed by atoms with Crippen LogP contribution in [-0.4, -0.2) is 17.4 Å². The average molecular weight is 375 g/mol. The fourth-order valence-electron chi connectivity index (χ4n) is 1.89. The van der Waals surface area contributed by atoms with Gasteiger partial charge in [0.1, 0.15) is 11.6 Å². The van der Waals surface area contributed by atoms with Crippen LogP contribution in [0.1, 0.15) is 18.4 Å². The van der Waals surface area contributed by atoms with Crippen LogP contribution in [0.5, 0.6) is 0 Å². The van der Waals surface area contributed by atoms with Crippen LogP contribution < -0.4 is 16.4 Å². The number of nitrogens with two attached hydrogens (primary N) is 1. The molecule has 4 N–H and O–H groups in total. The third-order valence-electron chi connectivity index (χ3n) is 3.07. The van der Waals surface area contributed by atoms with Crippen LogP contribution in [0.2, 0.25) is 0 Å². The van der Waals surface area contributed by atoms with Crippen molar-refractivity contribution in [2.45, 2.75) is 19.4 Å². The van der Waals surface area contributed by atoms with Crippen molar-refractivity contribution in [2.24, 2.45) is 5.73 Å². The highest BCUT2D eigenvalue weighted by Crippen LogP contribution is 2.13. The van der Waals surface area contributed by atoms with E-state index in [2.05, 4.69) is 15.6 Å². The fraction of sp³-hybridized carbons (Fsp3) is 0.250. The predicted octanol–water partition coefficient (Wildman–Crippen LogP) is 3.35. The molecule has 2 aromatic rings. The monoisotopic (exact) mass is 374 g/mol. The maximum absolute atomic E-state index is 13.5. The van der Waals surface area contributed by atoms with Crippen LogP contribution in [0.4, 0.5) is 15.9 Å². The number of nitrogens with one attached hydrogen (secondary N) is 2. The molecule has 1 aromatic heterocycles. The number of benzene rings is 1. The van der Waals surface area contributed by atoms with Crippen molar-refractivity contribution in [2.75, 3.05) is 17.2 Å². The lowest BCUT2D eigenvalue weighted by Crippen LogP contribution is -2.13. The molecule has 0 saturated heterocycles. The Morgan fingerprint density at radius 1 is 1.17 bits per heavy atom. The topological polar surface area (TPSA) is 80.0 Å². The first-order valence-electron chi connectivity index (χ1n) is 7.12. The predicted molar refractivity (Wildman–Crippen MR) is 99.4 cm³/mol. The molecule has 1 aromatic carbocycles. The number of carbonyl (C=O) groups is 1. The molecule has 2 rings (SSSR count). The fourth-order valence-corrected chi connectivity index (χ4v) is 1.89. The van der Waals surface area contributed by atoms with Crippen LogP contribution in [0, 0.1) is 5.82 Å². The summed E-state index contributed by atoms with van der Waals surface area (Å²) >= 11 is 0. The number of aromatic nitrogens is 1. The van der Waals surface area contributed by atoms with Gasteiger partial charge in [0.25, 0.3) is 0 Å². The molecule has 0 fully saturated rings. The Kier molecular flexibility index (Phi) is 10.7. The van der Waals surface area contributed by atoms with Gasteiger partial charge in [0, 0.05) is 18.5 Å². The van der Waals surface area contributed by atoms with Crippen molar-refractivity contribution in [3.05, 3.63) is 54.0 Å². The minimum atomic E-state index is -0.251. The second kappa shape index (κ2) is 11.6. The number of halogens is 3. The Labute approximate surface area is 153 Å². The molecular weight excluding hydrogens is 354 g/mol. The van der Waals surface area contributed by atoms with Gasteiger partial charge < -0.3 is 16.4 Å². The van der Waals surface area contributed by atoms with Crippen molar-refractivity contribution in [3.63, 3.8) is 0 Å². The van der Waals surface area contributed by atoms with Gasteiger partial charge in [0.2, 0.25) is 5.91 Å². The Morgan fingerprint density at radius 2 is 1.92 bits per heavy atom. The number of pyridine rings is 1. The van der Waals surface area contributed by atoms with Gasteiger partial charge in [-0.15, -0.1) is 24.8 Å². The Balaban J connectivity index is 0.00000264. The molecule has 0 saturated carbocycles. The molecule has 0 spiro atoms. The second-order valence-corrected chi connectivity index (χ2v) is 4.82. The number of amides is 1. The first-order chi connectivity index (χ1) is 10.7. The number of carbonyl (C=O) groups excluding carboxylic acids is 1. The zero-order valence-electron chi connectivity index (χ0n) is 13.0. The molecule has 8 heteroatoms. The SMILES string of the molecule is Cl.Cl.NCCCC(=O)Nc1ccc(NCc2ccccc2F)nc1. The standard InChI is InChI=1S/C16H19FN4O.2ClH/c17-14-5-2-1-4-12(14)10-19-15-8-7-13(11-20-15)21-16(22)6-3-9-18;;/h1-2,4-5,7-8,11H,3,6,9-10,18H2,(H,19,20)(H,21,22);2*1H. The van der Waals surface area contributed by atoms with Crippen LogP contribution in [0.3, 0.4) is 0 Å². The number of hydrogen-bond donors (Lipinski definition) is 3. The third kappa shape index (κ3) is 7.12.